The summed E-state index contributed by atoms with van der Waals surface area (Å²) in [5.41, 5.74) is 5.61. The molecule has 1 aliphatic rings. The number of carbonyl (C=O) groups is 1. The molecule has 1 rings (SSSR count). The summed E-state index contributed by atoms with van der Waals surface area (Å²) < 4.78 is 0. The second-order valence-corrected chi connectivity index (χ2v) is 4.00. The Bertz CT molecular complexity index is 197. The standard InChI is InChI=1S/C10H20N2O2/c1-2-9(10(13)14)12-5-3-4-8(6-11)7-12/h8-9H,2-7,11H2,1H3,(H,13,14). The van der Waals surface area contributed by atoms with E-state index in [2.05, 4.69) is 4.90 Å². The van der Waals surface area contributed by atoms with Crippen molar-refractivity contribution in [3.8, 4) is 0 Å². The first-order chi connectivity index (χ1) is 6.69. The van der Waals surface area contributed by atoms with E-state index in [9.17, 15) is 4.79 Å². The van der Waals surface area contributed by atoms with Gasteiger partial charge in [-0.15, -0.1) is 0 Å². The number of hydrogen-bond acceptors (Lipinski definition) is 3. The molecule has 0 amide bonds. The topological polar surface area (TPSA) is 66.6 Å². The van der Waals surface area contributed by atoms with Crippen LogP contribution in [0.25, 0.3) is 0 Å². The van der Waals surface area contributed by atoms with E-state index in [1.54, 1.807) is 0 Å². The van der Waals surface area contributed by atoms with E-state index in [-0.39, 0.29) is 6.04 Å². The van der Waals surface area contributed by atoms with Gasteiger partial charge in [0.05, 0.1) is 0 Å². The van der Waals surface area contributed by atoms with Crippen molar-refractivity contribution < 1.29 is 9.90 Å². The average Bonchev–Trinajstić information content (AvgIpc) is 2.19. The molecule has 4 nitrogen and oxygen atoms in total. The summed E-state index contributed by atoms with van der Waals surface area (Å²) in [6, 6.07) is -0.315. The van der Waals surface area contributed by atoms with Crippen molar-refractivity contribution in [2.75, 3.05) is 19.6 Å². The van der Waals surface area contributed by atoms with Crippen molar-refractivity contribution in [2.45, 2.75) is 32.2 Å². The van der Waals surface area contributed by atoms with Crippen molar-refractivity contribution in [3.05, 3.63) is 0 Å². The highest BCUT2D eigenvalue weighted by Crippen LogP contribution is 2.18. The van der Waals surface area contributed by atoms with Crippen LogP contribution in [0.3, 0.4) is 0 Å². The van der Waals surface area contributed by atoms with Crippen LogP contribution in [0.2, 0.25) is 0 Å². The molecule has 1 fully saturated rings. The molecule has 1 aliphatic heterocycles. The van der Waals surface area contributed by atoms with Gasteiger partial charge in [0.1, 0.15) is 6.04 Å². The highest BCUT2D eigenvalue weighted by atomic mass is 16.4. The molecule has 0 bridgehead atoms. The van der Waals surface area contributed by atoms with Gasteiger partial charge in [-0.2, -0.15) is 0 Å². The van der Waals surface area contributed by atoms with Crippen LogP contribution in [0.4, 0.5) is 0 Å². The minimum Gasteiger partial charge on any atom is -0.480 e. The lowest BCUT2D eigenvalue weighted by Crippen LogP contribution is -2.47. The van der Waals surface area contributed by atoms with E-state index in [0.29, 0.717) is 18.9 Å². The summed E-state index contributed by atoms with van der Waals surface area (Å²) in [4.78, 5) is 13.0. The van der Waals surface area contributed by atoms with E-state index in [0.717, 1.165) is 25.9 Å². The van der Waals surface area contributed by atoms with Gasteiger partial charge in [-0.05, 0) is 38.3 Å². The first-order valence-electron chi connectivity index (χ1n) is 5.36. The molecule has 2 unspecified atom stereocenters. The lowest BCUT2D eigenvalue weighted by Gasteiger charge is -2.35. The number of hydrogen-bond donors (Lipinski definition) is 2. The van der Waals surface area contributed by atoms with Crippen LogP contribution in [0.5, 0.6) is 0 Å². The van der Waals surface area contributed by atoms with Crippen molar-refractivity contribution >= 4 is 5.97 Å². The molecule has 4 heteroatoms. The molecule has 82 valence electrons. The molecule has 0 saturated carbocycles. The van der Waals surface area contributed by atoms with Crippen LogP contribution in [0.15, 0.2) is 0 Å². The number of carboxylic acid groups (broad SMARTS) is 1. The monoisotopic (exact) mass is 200 g/mol. The third kappa shape index (κ3) is 2.69. The van der Waals surface area contributed by atoms with Gasteiger partial charge in [0.2, 0.25) is 0 Å². The predicted molar refractivity (Wildman–Crippen MR) is 55.1 cm³/mol. The first-order valence-corrected chi connectivity index (χ1v) is 5.36. The van der Waals surface area contributed by atoms with Crippen molar-refractivity contribution in [1.82, 2.24) is 4.90 Å². The zero-order valence-electron chi connectivity index (χ0n) is 8.78. The molecule has 0 spiro atoms. The van der Waals surface area contributed by atoms with Gasteiger partial charge >= 0.3 is 5.97 Å². The summed E-state index contributed by atoms with van der Waals surface area (Å²) in [5, 5.41) is 9.01. The Hall–Kier alpha value is -0.610. The molecule has 14 heavy (non-hydrogen) atoms. The largest absolute Gasteiger partial charge is 0.480 e. The fourth-order valence-corrected chi connectivity index (χ4v) is 2.16. The average molecular weight is 200 g/mol. The maximum Gasteiger partial charge on any atom is 0.320 e. The molecule has 0 radical (unpaired) electrons. The van der Waals surface area contributed by atoms with Crippen LogP contribution in [0.1, 0.15) is 26.2 Å². The van der Waals surface area contributed by atoms with E-state index in [4.69, 9.17) is 10.8 Å². The number of likely N-dealkylation sites (tertiary alicyclic amines) is 1. The maximum absolute atomic E-state index is 11.0. The highest BCUT2D eigenvalue weighted by Gasteiger charge is 2.28. The molecule has 1 saturated heterocycles. The summed E-state index contributed by atoms with van der Waals surface area (Å²) in [6.45, 7) is 4.35. The molecule has 3 N–H and O–H groups in total. The Morgan fingerprint density at radius 2 is 2.43 bits per heavy atom. The van der Waals surface area contributed by atoms with Crippen molar-refractivity contribution in [3.63, 3.8) is 0 Å². The number of aliphatic carboxylic acids is 1. The molecule has 0 aliphatic carbocycles. The normalized spacial score (nSPS) is 26.0. The summed E-state index contributed by atoms with van der Waals surface area (Å²) in [5.74, 6) is -0.220. The third-order valence-corrected chi connectivity index (χ3v) is 3.00. The van der Waals surface area contributed by atoms with Crippen LogP contribution in [0, 0.1) is 5.92 Å². The quantitative estimate of drug-likeness (QED) is 0.694. The maximum atomic E-state index is 11.0. The molecular formula is C10H20N2O2. The fraction of sp³-hybridized carbons (Fsp3) is 0.900. The van der Waals surface area contributed by atoms with Crippen molar-refractivity contribution in [2.24, 2.45) is 11.7 Å². The van der Waals surface area contributed by atoms with Gasteiger partial charge in [0.15, 0.2) is 0 Å². The Balaban J connectivity index is 2.53. The number of carboxylic acids is 1. The Morgan fingerprint density at radius 1 is 1.71 bits per heavy atom. The molecule has 0 aromatic rings. The molecule has 1 heterocycles. The van der Waals surface area contributed by atoms with E-state index < -0.39 is 5.97 Å². The summed E-state index contributed by atoms with van der Waals surface area (Å²) in [6.07, 6.45) is 2.89. The lowest BCUT2D eigenvalue weighted by molar-refractivity contribution is -0.144. The minimum absolute atomic E-state index is 0.315. The Kier molecular flexibility index (Phi) is 4.35. The SMILES string of the molecule is CCC(C(=O)O)N1CCCC(CN)C1. The molecule has 0 aromatic carbocycles. The number of piperidine rings is 1. The number of rotatable bonds is 4. The second-order valence-electron chi connectivity index (χ2n) is 4.00. The van der Waals surface area contributed by atoms with Crippen LogP contribution < -0.4 is 5.73 Å². The summed E-state index contributed by atoms with van der Waals surface area (Å²) >= 11 is 0. The third-order valence-electron chi connectivity index (χ3n) is 3.00. The van der Waals surface area contributed by atoms with Crippen LogP contribution in [-0.2, 0) is 4.79 Å². The molecule has 0 aromatic heterocycles. The second kappa shape index (κ2) is 5.32. The lowest BCUT2D eigenvalue weighted by atomic mass is 9.96. The van der Waals surface area contributed by atoms with Gasteiger partial charge in [0, 0.05) is 6.54 Å². The fourth-order valence-electron chi connectivity index (χ4n) is 2.16. The van der Waals surface area contributed by atoms with E-state index in [1.807, 2.05) is 6.92 Å². The first kappa shape index (κ1) is 11.5. The molecule has 2 atom stereocenters. The van der Waals surface area contributed by atoms with Gasteiger partial charge < -0.3 is 10.8 Å². The van der Waals surface area contributed by atoms with Gasteiger partial charge in [-0.1, -0.05) is 6.92 Å². The number of nitrogens with zero attached hydrogens (tertiary/aromatic N) is 1. The Labute approximate surface area is 85.1 Å². The van der Waals surface area contributed by atoms with E-state index in [1.165, 1.54) is 0 Å². The number of nitrogens with two attached hydrogens (primary N) is 1. The van der Waals surface area contributed by atoms with Crippen molar-refractivity contribution in [1.29, 1.82) is 0 Å². The Morgan fingerprint density at radius 3 is 2.93 bits per heavy atom. The summed E-state index contributed by atoms with van der Waals surface area (Å²) in [7, 11) is 0. The van der Waals surface area contributed by atoms with Gasteiger partial charge in [-0.3, -0.25) is 9.69 Å². The molecular weight excluding hydrogens is 180 g/mol. The zero-order valence-corrected chi connectivity index (χ0v) is 8.78. The van der Waals surface area contributed by atoms with Gasteiger partial charge in [-0.25, -0.2) is 0 Å². The van der Waals surface area contributed by atoms with E-state index >= 15 is 0 Å². The van der Waals surface area contributed by atoms with Crippen LogP contribution >= 0.6 is 0 Å². The highest BCUT2D eigenvalue weighted by molar-refractivity contribution is 5.73. The van der Waals surface area contributed by atoms with Crippen LogP contribution in [-0.4, -0.2) is 41.7 Å². The minimum atomic E-state index is -0.704. The predicted octanol–water partition coefficient (Wildman–Crippen LogP) is 0.520. The van der Waals surface area contributed by atoms with Gasteiger partial charge in [0.25, 0.3) is 0 Å². The zero-order chi connectivity index (χ0) is 10.6. The smallest absolute Gasteiger partial charge is 0.320 e.